The zero-order chi connectivity index (χ0) is 10.6. The number of aryl methyl sites for hydroxylation is 1. The Balaban J connectivity index is 2.42. The summed E-state index contributed by atoms with van der Waals surface area (Å²) in [5.74, 6) is 0.602. The average molecular weight is 194 g/mol. The molecular weight excluding hydrogens is 176 g/mol. The van der Waals surface area contributed by atoms with Crippen LogP contribution in [0.3, 0.4) is 0 Å². The number of phenolic OH excluding ortho intramolecular Hbond substituents is 1. The van der Waals surface area contributed by atoms with E-state index in [2.05, 4.69) is 0 Å². The van der Waals surface area contributed by atoms with Crippen LogP contribution >= 0.6 is 0 Å². The Morgan fingerprint density at radius 1 is 1.14 bits per heavy atom. The summed E-state index contributed by atoms with van der Waals surface area (Å²) in [5, 5.41) is 18.7. The molecule has 0 fully saturated rings. The molecule has 0 saturated heterocycles. The van der Waals surface area contributed by atoms with Gasteiger partial charge in [0, 0.05) is 0 Å². The first-order valence-corrected chi connectivity index (χ1v) is 5.05. The van der Waals surface area contributed by atoms with Crippen molar-refractivity contribution in [3.05, 3.63) is 29.8 Å². The van der Waals surface area contributed by atoms with Crippen molar-refractivity contribution in [2.75, 3.05) is 0 Å². The molecule has 1 aromatic rings. The van der Waals surface area contributed by atoms with Gasteiger partial charge in [-0.15, -0.1) is 0 Å². The number of hydrogen-bond acceptors (Lipinski definition) is 2. The van der Waals surface area contributed by atoms with Crippen LogP contribution in [0.2, 0.25) is 0 Å². The summed E-state index contributed by atoms with van der Waals surface area (Å²) in [4.78, 5) is 0. The summed E-state index contributed by atoms with van der Waals surface area (Å²) in [6.07, 6.45) is 1.41. The molecule has 0 heterocycles. The number of aliphatic hydroxyl groups is 1. The largest absolute Gasteiger partial charge is 0.508 e. The van der Waals surface area contributed by atoms with Crippen molar-refractivity contribution < 1.29 is 10.2 Å². The second-order valence-corrected chi connectivity index (χ2v) is 4.02. The second kappa shape index (κ2) is 5.01. The molecule has 0 saturated carbocycles. The van der Waals surface area contributed by atoms with E-state index in [4.69, 9.17) is 5.11 Å². The first-order chi connectivity index (χ1) is 6.59. The first kappa shape index (κ1) is 11.1. The highest BCUT2D eigenvalue weighted by atomic mass is 16.3. The van der Waals surface area contributed by atoms with E-state index in [9.17, 15) is 5.11 Å². The van der Waals surface area contributed by atoms with E-state index in [-0.39, 0.29) is 11.9 Å². The lowest BCUT2D eigenvalue weighted by Crippen LogP contribution is -2.15. The summed E-state index contributed by atoms with van der Waals surface area (Å²) < 4.78 is 0. The molecule has 0 amide bonds. The third-order valence-corrected chi connectivity index (χ3v) is 2.43. The Morgan fingerprint density at radius 3 is 2.21 bits per heavy atom. The van der Waals surface area contributed by atoms with E-state index in [0.29, 0.717) is 5.92 Å². The van der Waals surface area contributed by atoms with Gasteiger partial charge in [-0.2, -0.15) is 0 Å². The third-order valence-electron chi connectivity index (χ3n) is 2.43. The molecule has 0 aliphatic heterocycles. The van der Waals surface area contributed by atoms with Gasteiger partial charge in [0.05, 0.1) is 6.10 Å². The van der Waals surface area contributed by atoms with Gasteiger partial charge in [-0.3, -0.25) is 0 Å². The van der Waals surface area contributed by atoms with E-state index in [1.165, 1.54) is 0 Å². The summed E-state index contributed by atoms with van der Waals surface area (Å²) >= 11 is 0. The fourth-order valence-electron chi connectivity index (χ4n) is 1.31. The van der Waals surface area contributed by atoms with Gasteiger partial charge in [0.25, 0.3) is 0 Å². The van der Waals surface area contributed by atoms with Crippen molar-refractivity contribution >= 4 is 0 Å². The van der Waals surface area contributed by atoms with Crippen LogP contribution in [0.1, 0.15) is 25.8 Å². The van der Waals surface area contributed by atoms with Crippen molar-refractivity contribution in [3.8, 4) is 5.75 Å². The zero-order valence-corrected chi connectivity index (χ0v) is 8.77. The van der Waals surface area contributed by atoms with Crippen molar-refractivity contribution in [2.24, 2.45) is 5.92 Å². The Morgan fingerprint density at radius 2 is 1.71 bits per heavy atom. The lowest BCUT2D eigenvalue weighted by molar-refractivity contribution is 0.116. The van der Waals surface area contributed by atoms with E-state index in [0.717, 1.165) is 18.4 Å². The topological polar surface area (TPSA) is 40.5 Å². The first-order valence-electron chi connectivity index (χ1n) is 5.05. The quantitative estimate of drug-likeness (QED) is 0.772. The molecule has 1 unspecified atom stereocenters. The SMILES string of the molecule is CC(C)C(O)CCc1ccc(O)cc1. The van der Waals surface area contributed by atoms with Crippen LogP contribution in [0, 0.1) is 5.92 Å². The Labute approximate surface area is 85.2 Å². The maximum atomic E-state index is 9.59. The smallest absolute Gasteiger partial charge is 0.115 e. The highest BCUT2D eigenvalue weighted by molar-refractivity contribution is 5.25. The molecule has 1 rings (SSSR count). The lowest BCUT2D eigenvalue weighted by atomic mass is 9.99. The highest BCUT2D eigenvalue weighted by Gasteiger charge is 2.08. The molecule has 0 aromatic heterocycles. The Kier molecular flexibility index (Phi) is 3.96. The van der Waals surface area contributed by atoms with Gasteiger partial charge in [-0.1, -0.05) is 26.0 Å². The Hall–Kier alpha value is -1.02. The molecule has 0 bridgehead atoms. The van der Waals surface area contributed by atoms with Crippen LogP contribution < -0.4 is 0 Å². The van der Waals surface area contributed by atoms with Gasteiger partial charge in [-0.05, 0) is 36.5 Å². The van der Waals surface area contributed by atoms with Gasteiger partial charge in [0.2, 0.25) is 0 Å². The number of benzene rings is 1. The zero-order valence-electron chi connectivity index (χ0n) is 8.77. The Bertz CT molecular complexity index is 264. The number of aliphatic hydroxyl groups excluding tert-OH is 1. The predicted octanol–water partition coefficient (Wildman–Crippen LogP) is 2.34. The fraction of sp³-hybridized carbons (Fsp3) is 0.500. The van der Waals surface area contributed by atoms with Crippen LogP contribution in [-0.2, 0) is 6.42 Å². The molecule has 1 aromatic carbocycles. The summed E-state index contributed by atoms with van der Waals surface area (Å²) in [6, 6.07) is 7.14. The highest BCUT2D eigenvalue weighted by Crippen LogP contribution is 2.14. The van der Waals surface area contributed by atoms with Gasteiger partial charge < -0.3 is 10.2 Å². The van der Waals surface area contributed by atoms with E-state index in [1.54, 1.807) is 12.1 Å². The molecule has 0 aliphatic carbocycles. The van der Waals surface area contributed by atoms with Gasteiger partial charge in [-0.25, -0.2) is 0 Å². The van der Waals surface area contributed by atoms with Crippen molar-refractivity contribution in [3.63, 3.8) is 0 Å². The summed E-state index contributed by atoms with van der Waals surface area (Å²) in [5.41, 5.74) is 1.16. The molecule has 0 aliphatic rings. The summed E-state index contributed by atoms with van der Waals surface area (Å²) in [6.45, 7) is 4.03. The van der Waals surface area contributed by atoms with Gasteiger partial charge >= 0.3 is 0 Å². The van der Waals surface area contributed by atoms with Crippen LogP contribution in [-0.4, -0.2) is 16.3 Å². The van der Waals surface area contributed by atoms with E-state index < -0.39 is 0 Å². The number of rotatable bonds is 4. The monoisotopic (exact) mass is 194 g/mol. The normalized spacial score (nSPS) is 13.1. The molecule has 78 valence electrons. The second-order valence-electron chi connectivity index (χ2n) is 4.02. The van der Waals surface area contributed by atoms with Crippen molar-refractivity contribution in [2.45, 2.75) is 32.8 Å². The maximum Gasteiger partial charge on any atom is 0.115 e. The van der Waals surface area contributed by atoms with E-state index >= 15 is 0 Å². The van der Waals surface area contributed by atoms with Gasteiger partial charge in [0.15, 0.2) is 0 Å². The molecule has 1 atom stereocenters. The molecule has 14 heavy (non-hydrogen) atoms. The van der Waals surface area contributed by atoms with Crippen molar-refractivity contribution in [1.29, 1.82) is 0 Å². The third kappa shape index (κ3) is 3.38. The van der Waals surface area contributed by atoms with Crippen molar-refractivity contribution in [1.82, 2.24) is 0 Å². The molecule has 2 heteroatoms. The van der Waals surface area contributed by atoms with Crippen LogP contribution in [0.5, 0.6) is 5.75 Å². The fourth-order valence-corrected chi connectivity index (χ4v) is 1.31. The average Bonchev–Trinajstić information content (AvgIpc) is 2.16. The molecule has 0 radical (unpaired) electrons. The minimum absolute atomic E-state index is 0.233. The lowest BCUT2D eigenvalue weighted by Gasteiger charge is -2.13. The minimum Gasteiger partial charge on any atom is -0.508 e. The minimum atomic E-state index is -0.233. The van der Waals surface area contributed by atoms with Gasteiger partial charge in [0.1, 0.15) is 5.75 Å². The van der Waals surface area contributed by atoms with E-state index in [1.807, 2.05) is 26.0 Å². The molecule has 0 spiro atoms. The molecule has 2 N–H and O–H groups in total. The van der Waals surface area contributed by atoms with Crippen LogP contribution in [0.25, 0.3) is 0 Å². The molecular formula is C12H18O2. The number of phenols is 1. The maximum absolute atomic E-state index is 9.59. The standard InChI is InChI=1S/C12H18O2/c1-9(2)12(14)8-5-10-3-6-11(13)7-4-10/h3-4,6-7,9,12-14H,5,8H2,1-2H3. The predicted molar refractivity (Wildman–Crippen MR) is 57.3 cm³/mol. The molecule has 2 nitrogen and oxygen atoms in total. The summed E-state index contributed by atoms with van der Waals surface area (Å²) in [7, 11) is 0. The van der Waals surface area contributed by atoms with Crippen LogP contribution in [0.15, 0.2) is 24.3 Å². The van der Waals surface area contributed by atoms with Crippen LogP contribution in [0.4, 0.5) is 0 Å². The number of hydrogen-bond donors (Lipinski definition) is 2. The number of aromatic hydroxyl groups is 1.